The van der Waals surface area contributed by atoms with Gasteiger partial charge in [-0.15, -0.1) is 0 Å². The van der Waals surface area contributed by atoms with Gasteiger partial charge in [0.1, 0.15) is 6.04 Å². The smallest absolute Gasteiger partial charge is 0.119 e. The van der Waals surface area contributed by atoms with Crippen LogP contribution < -0.4 is 0 Å². The molecular weight excluding hydrogens is 254 g/mol. The van der Waals surface area contributed by atoms with Crippen LogP contribution in [0.4, 0.5) is 0 Å². The minimum absolute atomic E-state index is 0.536. The van der Waals surface area contributed by atoms with E-state index in [0.29, 0.717) is 6.04 Å². The van der Waals surface area contributed by atoms with Gasteiger partial charge in [0.2, 0.25) is 0 Å². The Bertz CT molecular complexity index is 506. The monoisotopic (exact) mass is 282 g/mol. The lowest BCUT2D eigenvalue weighted by Crippen LogP contribution is -2.51. The molecule has 0 fully saturated rings. The highest BCUT2D eigenvalue weighted by Crippen LogP contribution is 2.31. The molecule has 0 spiro atoms. The summed E-state index contributed by atoms with van der Waals surface area (Å²) >= 11 is 0. The lowest BCUT2D eigenvalue weighted by molar-refractivity contribution is -0.952. The maximum atomic E-state index is 2.33. The van der Waals surface area contributed by atoms with Gasteiger partial charge >= 0.3 is 0 Å². The predicted molar refractivity (Wildman–Crippen MR) is 91.2 cm³/mol. The van der Waals surface area contributed by atoms with Crippen molar-refractivity contribution in [3.8, 4) is 0 Å². The number of rotatable bonds is 7. The molecular formula is C20H28N+. The molecule has 2 aromatic rings. The predicted octanol–water partition coefficient (Wildman–Crippen LogP) is 4.85. The van der Waals surface area contributed by atoms with E-state index in [-0.39, 0.29) is 0 Å². The molecule has 0 aromatic heterocycles. The molecule has 2 aromatic carbocycles. The highest BCUT2D eigenvalue weighted by atomic mass is 15.4. The molecule has 0 bridgehead atoms. The van der Waals surface area contributed by atoms with E-state index in [1.54, 1.807) is 0 Å². The van der Waals surface area contributed by atoms with Crippen LogP contribution in [0.15, 0.2) is 60.7 Å². The van der Waals surface area contributed by atoms with E-state index < -0.39 is 0 Å². The van der Waals surface area contributed by atoms with Crippen molar-refractivity contribution < 1.29 is 4.48 Å². The standard InChI is InChI=1S/C20H28N/c1-4-21(5-2,6-3)20(19-15-11-8-12-16-19)17-18-13-9-7-10-14-18/h7-16,20H,4-6,17H2,1-3H3/q+1. The third kappa shape index (κ3) is 3.54. The Labute approximate surface area is 129 Å². The lowest BCUT2D eigenvalue weighted by Gasteiger charge is -2.43. The summed E-state index contributed by atoms with van der Waals surface area (Å²) in [5.41, 5.74) is 2.90. The van der Waals surface area contributed by atoms with Crippen molar-refractivity contribution in [3.05, 3.63) is 71.8 Å². The van der Waals surface area contributed by atoms with Crippen LogP contribution in [0.1, 0.15) is 37.9 Å². The molecule has 0 aliphatic rings. The Balaban J connectivity index is 2.39. The second-order valence-electron chi connectivity index (χ2n) is 5.78. The van der Waals surface area contributed by atoms with Crippen molar-refractivity contribution in [2.45, 2.75) is 33.2 Å². The number of hydrogen-bond acceptors (Lipinski definition) is 0. The summed E-state index contributed by atoms with van der Waals surface area (Å²) in [5.74, 6) is 0. The summed E-state index contributed by atoms with van der Waals surface area (Å²) in [6.07, 6.45) is 1.11. The molecule has 0 aliphatic heterocycles. The first-order chi connectivity index (χ1) is 10.3. The van der Waals surface area contributed by atoms with Gasteiger partial charge in [-0.1, -0.05) is 60.7 Å². The molecule has 0 amide bonds. The van der Waals surface area contributed by atoms with E-state index >= 15 is 0 Å². The van der Waals surface area contributed by atoms with Gasteiger partial charge in [-0.25, -0.2) is 0 Å². The number of likely N-dealkylation sites (N-methyl/N-ethyl adjacent to an activating group) is 1. The third-order valence-corrected chi connectivity index (χ3v) is 5.01. The zero-order chi connectivity index (χ0) is 15.1. The first-order valence-electron chi connectivity index (χ1n) is 8.20. The van der Waals surface area contributed by atoms with Crippen molar-refractivity contribution in [1.29, 1.82) is 0 Å². The topological polar surface area (TPSA) is 0 Å². The molecule has 112 valence electrons. The zero-order valence-electron chi connectivity index (χ0n) is 13.6. The van der Waals surface area contributed by atoms with E-state index in [4.69, 9.17) is 0 Å². The van der Waals surface area contributed by atoms with Gasteiger partial charge in [0, 0.05) is 12.0 Å². The van der Waals surface area contributed by atoms with Gasteiger partial charge in [-0.05, 0) is 26.3 Å². The van der Waals surface area contributed by atoms with Crippen LogP contribution in [0.25, 0.3) is 0 Å². The summed E-state index contributed by atoms with van der Waals surface area (Å²) in [4.78, 5) is 0. The van der Waals surface area contributed by atoms with Gasteiger partial charge in [0.25, 0.3) is 0 Å². The third-order valence-electron chi connectivity index (χ3n) is 5.01. The summed E-state index contributed by atoms with van der Waals surface area (Å²) in [6, 6.07) is 22.5. The van der Waals surface area contributed by atoms with E-state index in [9.17, 15) is 0 Å². The molecule has 1 nitrogen and oxygen atoms in total. The second-order valence-corrected chi connectivity index (χ2v) is 5.78. The number of benzene rings is 2. The summed E-state index contributed by atoms with van der Waals surface area (Å²) in [6.45, 7) is 10.5. The molecule has 0 saturated heterocycles. The minimum atomic E-state index is 0.536. The van der Waals surface area contributed by atoms with Crippen molar-refractivity contribution in [2.75, 3.05) is 19.6 Å². The molecule has 1 atom stereocenters. The van der Waals surface area contributed by atoms with E-state index in [1.165, 1.54) is 30.8 Å². The van der Waals surface area contributed by atoms with E-state index in [2.05, 4.69) is 81.4 Å². The van der Waals surface area contributed by atoms with Crippen molar-refractivity contribution >= 4 is 0 Å². The minimum Gasteiger partial charge on any atom is -0.318 e. The molecule has 21 heavy (non-hydrogen) atoms. The first-order valence-corrected chi connectivity index (χ1v) is 8.20. The Hall–Kier alpha value is -1.60. The van der Waals surface area contributed by atoms with Crippen molar-refractivity contribution in [1.82, 2.24) is 0 Å². The molecule has 0 aliphatic carbocycles. The van der Waals surface area contributed by atoms with Gasteiger partial charge in [0.15, 0.2) is 0 Å². The quantitative estimate of drug-likeness (QED) is 0.637. The first kappa shape index (κ1) is 15.8. The molecule has 0 N–H and O–H groups in total. The summed E-state index contributed by atoms with van der Waals surface area (Å²) < 4.78 is 1.15. The fourth-order valence-electron chi connectivity index (χ4n) is 3.47. The maximum absolute atomic E-state index is 2.33. The Morgan fingerprint density at radius 2 is 1.19 bits per heavy atom. The number of nitrogens with zero attached hydrogens (tertiary/aromatic N) is 1. The van der Waals surface area contributed by atoms with E-state index in [0.717, 1.165) is 10.9 Å². The van der Waals surface area contributed by atoms with Gasteiger partial charge < -0.3 is 4.48 Å². The van der Waals surface area contributed by atoms with Gasteiger partial charge in [-0.3, -0.25) is 0 Å². The summed E-state index contributed by atoms with van der Waals surface area (Å²) in [7, 11) is 0. The van der Waals surface area contributed by atoms with Crippen LogP contribution in [-0.4, -0.2) is 24.1 Å². The van der Waals surface area contributed by atoms with Gasteiger partial charge in [-0.2, -0.15) is 0 Å². The largest absolute Gasteiger partial charge is 0.318 e. The fraction of sp³-hybridized carbons (Fsp3) is 0.400. The molecule has 0 heterocycles. The highest BCUT2D eigenvalue weighted by molar-refractivity contribution is 5.22. The normalized spacial score (nSPS) is 13.1. The summed E-state index contributed by atoms with van der Waals surface area (Å²) in [5, 5.41) is 0. The SMILES string of the molecule is CC[N+](CC)(CC)C(Cc1ccccc1)c1ccccc1. The van der Waals surface area contributed by atoms with Crippen LogP contribution in [0, 0.1) is 0 Å². The van der Waals surface area contributed by atoms with Crippen LogP contribution in [0.3, 0.4) is 0 Å². The highest BCUT2D eigenvalue weighted by Gasteiger charge is 2.33. The van der Waals surface area contributed by atoms with Crippen LogP contribution in [0.5, 0.6) is 0 Å². The van der Waals surface area contributed by atoms with Crippen LogP contribution >= 0.6 is 0 Å². The molecule has 1 unspecified atom stereocenters. The van der Waals surface area contributed by atoms with Crippen LogP contribution in [0.2, 0.25) is 0 Å². The average Bonchev–Trinajstić information content (AvgIpc) is 2.57. The van der Waals surface area contributed by atoms with Crippen molar-refractivity contribution in [2.24, 2.45) is 0 Å². The zero-order valence-corrected chi connectivity index (χ0v) is 13.6. The molecule has 2 rings (SSSR count). The molecule has 0 radical (unpaired) electrons. The second kappa shape index (κ2) is 7.42. The Morgan fingerprint density at radius 1 is 0.714 bits per heavy atom. The van der Waals surface area contributed by atoms with Crippen LogP contribution in [-0.2, 0) is 6.42 Å². The fourth-order valence-corrected chi connectivity index (χ4v) is 3.47. The van der Waals surface area contributed by atoms with Crippen molar-refractivity contribution in [3.63, 3.8) is 0 Å². The Kier molecular flexibility index (Phi) is 5.58. The van der Waals surface area contributed by atoms with Gasteiger partial charge in [0.05, 0.1) is 19.6 Å². The molecule has 1 heteroatoms. The van der Waals surface area contributed by atoms with E-state index in [1.807, 2.05) is 0 Å². The number of quaternary nitrogens is 1. The Morgan fingerprint density at radius 3 is 1.67 bits per heavy atom. The average molecular weight is 282 g/mol. The molecule has 0 saturated carbocycles. The lowest BCUT2D eigenvalue weighted by atomic mass is 9.94. The maximum Gasteiger partial charge on any atom is 0.119 e. The number of hydrogen-bond donors (Lipinski definition) is 0.